The summed E-state index contributed by atoms with van der Waals surface area (Å²) in [5, 5.41) is 5.33. The predicted molar refractivity (Wildman–Crippen MR) is 95.8 cm³/mol. The van der Waals surface area contributed by atoms with Gasteiger partial charge in [0, 0.05) is 5.92 Å². The highest BCUT2D eigenvalue weighted by Gasteiger charge is 2.86. The van der Waals surface area contributed by atoms with Gasteiger partial charge in [0.15, 0.2) is 5.41 Å². The quantitative estimate of drug-likeness (QED) is 0.688. The molecule has 2 aliphatic rings. The van der Waals surface area contributed by atoms with Crippen LogP contribution >= 0.6 is 0 Å². The Labute approximate surface area is 147 Å². The lowest BCUT2D eigenvalue weighted by Crippen LogP contribution is -2.41. The zero-order valence-corrected chi connectivity index (χ0v) is 15.0. The van der Waals surface area contributed by atoms with Gasteiger partial charge in [0.25, 0.3) is 0 Å². The van der Waals surface area contributed by atoms with Crippen LogP contribution in [-0.2, 0) is 14.3 Å². The van der Waals surface area contributed by atoms with Gasteiger partial charge in [0.1, 0.15) is 6.10 Å². The number of rotatable bonds is 3. The molecule has 0 unspecified atom stereocenters. The molecule has 2 fully saturated rings. The van der Waals surface area contributed by atoms with Crippen molar-refractivity contribution in [3.63, 3.8) is 0 Å². The van der Waals surface area contributed by atoms with E-state index in [0.29, 0.717) is 0 Å². The number of carbonyl (C=O) groups is 2. The number of amides is 1. The fraction of sp³-hybridized carbons (Fsp3) is 0.429. The normalized spacial score (nSPS) is 30.5. The summed E-state index contributed by atoms with van der Waals surface area (Å²) in [5.41, 5.74) is -0.340. The zero-order chi connectivity index (χ0) is 18.0. The molecule has 25 heavy (non-hydrogen) atoms. The van der Waals surface area contributed by atoms with Crippen LogP contribution in [0.2, 0.25) is 0 Å². The van der Waals surface area contributed by atoms with Gasteiger partial charge in [-0.3, -0.25) is 9.59 Å². The van der Waals surface area contributed by atoms with Gasteiger partial charge < -0.3 is 10.1 Å². The number of hydrogen-bond donors (Lipinski definition) is 1. The molecule has 130 valence electrons. The van der Waals surface area contributed by atoms with Gasteiger partial charge in [-0.25, -0.2) is 0 Å². The van der Waals surface area contributed by atoms with Gasteiger partial charge >= 0.3 is 5.97 Å². The van der Waals surface area contributed by atoms with E-state index in [0.717, 1.165) is 16.3 Å². The minimum Gasteiger partial charge on any atom is -0.461 e. The Balaban J connectivity index is 1.64. The van der Waals surface area contributed by atoms with E-state index < -0.39 is 5.41 Å². The third-order valence-corrected chi connectivity index (χ3v) is 6.26. The van der Waals surface area contributed by atoms with Gasteiger partial charge in [0.2, 0.25) is 5.91 Å². The number of fused-ring (bicyclic) bond motifs is 2. The molecule has 2 aromatic carbocycles. The lowest BCUT2D eigenvalue weighted by atomic mass is 9.93. The minimum absolute atomic E-state index is 0.0489. The number of ether oxygens (including phenoxy) is 1. The number of benzene rings is 2. The molecule has 4 atom stereocenters. The van der Waals surface area contributed by atoms with Crippen molar-refractivity contribution in [1.82, 2.24) is 5.32 Å². The first-order valence-corrected chi connectivity index (χ1v) is 8.81. The van der Waals surface area contributed by atoms with Crippen molar-refractivity contribution in [3.05, 3.63) is 48.0 Å². The number of carbonyl (C=O) groups excluding carboxylic acids is 2. The number of esters is 1. The van der Waals surface area contributed by atoms with Crippen LogP contribution in [0.5, 0.6) is 0 Å². The van der Waals surface area contributed by atoms with E-state index in [1.165, 1.54) is 0 Å². The second-order valence-corrected chi connectivity index (χ2v) is 7.88. The zero-order valence-electron chi connectivity index (χ0n) is 15.0. The third-order valence-electron chi connectivity index (χ3n) is 6.26. The predicted octanol–water partition coefficient (Wildman–Crippen LogP) is 3.60. The maximum atomic E-state index is 13.1. The summed E-state index contributed by atoms with van der Waals surface area (Å²) in [4.78, 5) is 25.5. The molecule has 2 aromatic rings. The molecule has 4 heteroatoms. The molecule has 1 heterocycles. The van der Waals surface area contributed by atoms with E-state index in [-0.39, 0.29) is 35.4 Å². The SMILES string of the molecule is C[C@@H](NC(=O)[C@]12C(=O)O[C@H](C)[C@H]1C2(C)C)c1cccc2ccccc12. The smallest absolute Gasteiger partial charge is 0.322 e. The first kappa shape index (κ1) is 16.1. The van der Waals surface area contributed by atoms with E-state index in [2.05, 4.69) is 23.5 Å². The lowest BCUT2D eigenvalue weighted by molar-refractivity contribution is -0.154. The van der Waals surface area contributed by atoms with Crippen molar-refractivity contribution in [2.24, 2.45) is 16.7 Å². The standard InChI is InChI=1S/C21H23NO3/c1-12(15-11-7-9-14-8-5-6-10-16(14)15)22-18(23)21-17(20(21,3)4)13(2)25-19(21)24/h5-13,17H,1-4H3,(H,22,23)/t12-,13-,17+,21+/m1/s1. The van der Waals surface area contributed by atoms with Crippen molar-refractivity contribution >= 4 is 22.6 Å². The summed E-state index contributed by atoms with van der Waals surface area (Å²) in [6, 6.07) is 14.0. The highest BCUT2D eigenvalue weighted by atomic mass is 16.6. The highest BCUT2D eigenvalue weighted by molar-refractivity contribution is 6.10. The monoisotopic (exact) mass is 337 g/mol. The molecule has 4 rings (SSSR count). The summed E-state index contributed by atoms with van der Waals surface area (Å²) >= 11 is 0. The Kier molecular flexibility index (Phi) is 3.27. The van der Waals surface area contributed by atoms with Gasteiger partial charge in [-0.2, -0.15) is 0 Å². The van der Waals surface area contributed by atoms with E-state index in [1.807, 2.05) is 52.0 Å². The topological polar surface area (TPSA) is 55.4 Å². The molecule has 0 spiro atoms. The molecule has 1 saturated carbocycles. The van der Waals surface area contributed by atoms with Crippen molar-refractivity contribution in [2.45, 2.75) is 39.8 Å². The van der Waals surface area contributed by atoms with Gasteiger partial charge in [-0.15, -0.1) is 0 Å². The largest absolute Gasteiger partial charge is 0.461 e. The average Bonchev–Trinajstić information content (AvgIpc) is 2.97. The first-order chi connectivity index (χ1) is 11.8. The van der Waals surface area contributed by atoms with Crippen molar-refractivity contribution in [2.75, 3.05) is 0 Å². The molecule has 0 aromatic heterocycles. The maximum absolute atomic E-state index is 13.1. The second kappa shape index (κ2) is 5.07. The first-order valence-electron chi connectivity index (χ1n) is 8.81. The van der Waals surface area contributed by atoms with Crippen LogP contribution in [0.4, 0.5) is 0 Å². The lowest BCUT2D eigenvalue weighted by Gasteiger charge is -2.22. The van der Waals surface area contributed by atoms with Crippen molar-refractivity contribution in [3.8, 4) is 0 Å². The van der Waals surface area contributed by atoms with Crippen LogP contribution in [0.3, 0.4) is 0 Å². The summed E-state index contributed by atoms with van der Waals surface area (Å²) in [6.07, 6.45) is -0.207. The van der Waals surface area contributed by atoms with E-state index >= 15 is 0 Å². The Morgan fingerprint density at radius 2 is 1.84 bits per heavy atom. The fourth-order valence-electron chi connectivity index (χ4n) is 5.00. The minimum atomic E-state index is -1.04. The number of nitrogens with one attached hydrogen (secondary N) is 1. The van der Waals surface area contributed by atoms with Crippen molar-refractivity contribution in [1.29, 1.82) is 0 Å². The summed E-state index contributed by atoms with van der Waals surface area (Å²) in [5.74, 6) is -0.637. The Bertz CT molecular complexity index is 882. The second-order valence-electron chi connectivity index (χ2n) is 7.88. The number of cyclic esters (lactones) is 1. The number of hydrogen-bond acceptors (Lipinski definition) is 3. The molecule has 4 nitrogen and oxygen atoms in total. The fourth-order valence-corrected chi connectivity index (χ4v) is 5.00. The molecular weight excluding hydrogens is 314 g/mol. The molecule has 1 aliphatic carbocycles. The molecule has 1 aliphatic heterocycles. The highest BCUT2D eigenvalue weighted by Crippen LogP contribution is 2.74. The van der Waals surface area contributed by atoms with Gasteiger partial charge in [0.05, 0.1) is 6.04 Å². The third kappa shape index (κ3) is 1.94. The van der Waals surface area contributed by atoms with Crippen LogP contribution in [-0.4, -0.2) is 18.0 Å². The van der Waals surface area contributed by atoms with E-state index in [1.54, 1.807) is 0 Å². The van der Waals surface area contributed by atoms with Crippen molar-refractivity contribution < 1.29 is 14.3 Å². The molecular formula is C21H23NO3. The average molecular weight is 337 g/mol. The van der Waals surface area contributed by atoms with Crippen LogP contribution in [0.1, 0.15) is 39.3 Å². The van der Waals surface area contributed by atoms with Crippen LogP contribution in [0.15, 0.2) is 42.5 Å². The van der Waals surface area contributed by atoms with Crippen LogP contribution < -0.4 is 5.32 Å². The summed E-state index contributed by atoms with van der Waals surface area (Å²) in [7, 11) is 0. The molecule has 1 saturated heterocycles. The molecule has 1 N–H and O–H groups in total. The Morgan fingerprint density at radius 1 is 1.16 bits per heavy atom. The van der Waals surface area contributed by atoms with Gasteiger partial charge in [-0.05, 0) is 35.6 Å². The van der Waals surface area contributed by atoms with E-state index in [9.17, 15) is 9.59 Å². The molecule has 1 amide bonds. The molecule has 0 radical (unpaired) electrons. The maximum Gasteiger partial charge on any atom is 0.322 e. The Morgan fingerprint density at radius 3 is 2.52 bits per heavy atom. The summed E-state index contributed by atoms with van der Waals surface area (Å²) < 4.78 is 5.34. The van der Waals surface area contributed by atoms with Crippen LogP contribution in [0, 0.1) is 16.7 Å². The Hall–Kier alpha value is -2.36. The van der Waals surface area contributed by atoms with Crippen LogP contribution in [0.25, 0.3) is 10.8 Å². The summed E-state index contributed by atoms with van der Waals surface area (Å²) in [6.45, 7) is 7.80. The molecule has 0 bridgehead atoms. The van der Waals surface area contributed by atoms with E-state index in [4.69, 9.17) is 4.74 Å². The van der Waals surface area contributed by atoms with Gasteiger partial charge in [-0.1, -0.05) is 56.3 Å².